The van der Waals surface area contributed by atoms with Gasteiger partial charge in [-0.3, -0.25) is 0 Å². The number of fused-ring (bicyclic) bond motifs is 1. The zero-order valence-corrected chi connectivity index (χ0v) is 10.9. The van der Waals surface area contributed by atoms with Crippen LogP contribution in [-0.2, 0) is 11.2 Å². The van der Waals surface area contributed by atoms with Crippen LogP contribution in [0.3, 0.4) is 0 Å². The molecule has 0 amide bonds. The van der Waals surface area contributed by atoms with Gasteiger partial charge in [-0.2, -0.15) is 0 Å². The number of hydrogen-bond acceptors (Lipinski definition) is 3. The highest BCUT2D eigenvalue weighted by molar-refractivity contribution is 5.34. The van der Waals surface area contributed by atoms with Crippen LogP contribution < -0.4 is 5.32 Å². The molecule has 0 spiro atoms. The normalized spacial score (nSPS) is 36.1. The van der Waals surface area contributed by atoms with E-state index in [4.69, 9.17) is 4.74 Å². The van der Waals surface area contributed by atoms with Crippen LogP contribution in [0.25, 0.3) is 0 Å². The molecule has 2 N–H and O–H groups in total. The van der Waals surface area contributed by atoms with E-state index in [-0.39, 0.29) is 12.0 Å². The van der Waals surface area contributed by atoms with Crippen molar-refractivity contribution in [3.8, 4) is 0 Å². The molecule has 18 heavy (non-hydrogen) atoms. The maximum Gasteiger partial charge on any atom is 0.0910 e. The molecular formula is C15H21NO2. The lowest BCUT2D eigenvalue weighted by atomic mass is 9.73. The fourth-order valence-electron chi connectivity index (χ4n) is 3.27. The van der Waals surface area contributed by atoms with Crippen LogP contribution in [0.2, 0.25) is 0 Å². The number of aliphatic hydroxyl groups is 1. The molecule has 1 saturated heterocycles. The molecule has 3 nitrogen and oxygen atoms in total. The summed E-state index contributed by atoms with van der Waals surface area (Å²) in [5, 5.41) is 14.6. The van der Waals surface area contributed by atoms with Gasteiger partial charge in [-0.05, 0) is 24.1 Å². The molecule has 1 aromatic carbocycles. The van der Waals surface area contributed by atoms with Gasteiger partial charge in [-0.25, -0.2) is 0 Å². The van der Waals surface area contributed by atoms with E-state index in [0.29, 0.717) is 19.6 Å². The SMILES string of the molecule is CC1COCCC1(O)C1NCCc2ccccc21. The molecule has 0 aliphatic carbocycles. The molecule has 1 aromatic rings. The van der Waals surface area contributed by atoms with Crippen molar-refractivity contribution in [1.29, 1.82) is 0 Å². The van der Waals surface area contributed by atoms with E-state index in [1.165, 1.54) is 11.1 Å². The van der Waals surface area contributed by atoms with Gasteiger partial charge >= 0.3 is 0 Å². The average molecular weight is 247 g/mol. The van der Waals surface area contributed by atoms with Crippen molar-refractivity contribution in [2.24, 2.45) is 5.92 Å². The maximum absolute atomic E-state index is 11.1. The van der Waals surface area contributed by atoms with Crippen LogP contribution in [0.5, 0.6) is 0 Å². The van der Waals surface area contributed by atoms with Gasteiger partial charge in [0, 0.05) is 18.9 Å². The molecule has 3 heteroatoms. The molecule has 1 fully saturated rings. The van der Waals surface area contributed by atoms with Gasteiger partial charge in [0.05, 0.1) is 18.2 Å². The van der Waals surface area contributed by atoms with Crippen molar-refractivity contribution < 1.29 is 9.84 Å². The predicted molar refractivity (Wildman–Crippen MR) is 70.4 cm³/mol. The minimum atomic E-state index is -0.686. The Morgan fingerprint density at radius 2 is 2.22 bits per heavy atom. The molecule has 3 rings (SSSR count). The average Bonchev–Trinajstić information content (AvgIpc) is 2.41. The van der Waals surface area contributed by atoms with Gasteiger partial charge in [0.2, 0.25) is 0 Å². The fraction of sp³-hybridized carbons (Fsp3) is 0.600. The fourth-order valence-corrected chi connectivity index (χ4v) is 3.27. The third-order valence-electron chi connectivity index (χ3n) is 4.48. The highest BCUT2D eigenvalue weighted by Gasteiger charge is 2.45. The van der Waals surface area contributed by atoms with Crippen molar-refractivity contribution in [3.63, 3.8) is 0 Å². The van der Waals surface area contributed by atoms with Gasteiger partial charge in [-0.15, -0.1) is 0 Å². The van der Waals surface area contributed by atoms with E-state index >= 15 is 0 Å². The second kappa shape index (κ2) is 4.65. The van der Waals surface area contributed by atoms with Gasteiger partial charge < -0.3 is 15.2 Å². The van der Waals surface area contributed by atoms with Crippen molar-refractivity contribution in [1.82, 2.24) is 5.32 Å². The Morgan fingerprint density at radius 1 is 1.39 bits per heavy atom. The van der Waals surface area contributed by atoms with Crippen LogP contribution >= 0.6 is 0 Å². The first-order valence-corrected chi connectivity index (χ1v) is 6.83. The minimum absolute atomic E-state index is 0.0429. The highest BCUT2D eigenvalue weighted by Crippen LogP contribution is 2.40. The minimum Gasteiger partial charge on any atom is -0.387 e. The van der Waals surface area contributed by atoms with E-state index in [2.05, 4.69) is 36.5 Å². The lowest BCUT2D eigenvalue weighted by Crippen LogP contribution is -2.54. The zero-order chi connectivity index (χ0) is 12.6. The maximum atomic E-state index is 11.1. The number of benzene rings is 1. The van der Waals surface area contributed by atoms with Gasteiger partial charge in [0.25, 0.3) is 0 Å². The highest BCUT2D eigenvalue weighted by atomic mass is 16.5. The quantitative estimate of drug-likeness (QED) is 0.793. The van der Waals surface area contributed by atoms with E-state index in [9.17, 15) is 5.11 Å². The van der Waals surface area contributed by atoms with Crippen molar-refractivity contribution >= 4 is 0 Å². The molecule has 0 bridgehead atoms. The lowest BCUT2D eigenvalue weighted by Gasteiger charge is -2.46. The van der Waals surface area contributed by atoms with E-state index < -0.39 is 5.60 Å². The van der Waals surface area contributed by atoms with Gasteiger partial charge in [-0.1, -0.05) is 31.2 Å². The summed E-state index contributed by atoms with van der Waals surface area (Å²) in [4.78, 5) is 0. The van der Waals surface area contributed by atoms with Crippen LogP contribution in [0.1, 0.15) is 30.5 Å². The smallest absolute Gasteiger partial charge is 0.0910 e. The third-order valence-corrected chi connectivity index (χ3v) is 4.48. The summed E-state index contributed by atoms with van der Waals surface area (Å²) in [5.41, 5.74) is 1.95. The Morgan fingerprint density at radius 3 is 3.06 bits per heavy atom. The molecule has 2 aliphatic rings. The van der Waals surface area contributed by atoms with Crippen LogP contribution in [0.4, 0.5) is 0 Å². The molecule has 3 atom stereocenters. The Hall–Kier alpha value is -0.900. The zero-order valence-electron chi connectivity index (χ0n) is 10.9. The number of ether oxygens (including phenoxy) is 1. The first-order valence-electron chi connectivity index (χ1n) is 6.83. The van der Waals surface area contributed by atoms with Crippen molar-refractivity contribution in [2.45, 2.75) is 31.4 Å². The summed E-state index contributed by atoms with van der Waals surface area (Å²) < 4.78 is 5.47. The van der Waals surface area contributed by atoms with E-state index in [0.717, 1.165) is 13.0 Å². The molecule has 2 heterocycles. The van der Waals surface area contributed by atoms with Crippen LogP contribution in [-0.4, -0.2) is 30.5 Å². The standard InChI is InChI=1S/C15H21NO2/c1-11-10-18-9-7-15(11,17)14-13-5-3-2-4-12(13)6-8-16-14/h2-5,11,14,16-17H,6-10H2,1H3. The second-order valence-electron chi connectivity index (χ2n) is 5.55. The molecule has 2 aliphatic heterocycles. The van der Waals surface area contributed by atoms with E-state index in [1.807, 2.05) is 0 Å². The predicted octanol–water partition coefficient (Wildman–Crippen LogP) is 1.66. The third kappa shape index (κ3) is 1.87. The van der Waals surface area contributed by atoms with Gasteiger partial charge in [0.1, 0.15) is 0 Å². The van der Waals surface area contributed by atoms with E-state index in [1.54, 1.807) is 0 Å². The molecule has 3 unspecified atom stereocenters. The van der Waals surface area contributed by atoms with Gasteiger partial charge in [0.15, 0.2) is 0 Å². The Kier molecular flexibility index (Phi) is 3.14. The van der Waals surface area contributed by atoms with Crippen molar-refractivity contribution in [3.05, 3.63) is 35.4 Å². The first kappa shape index (κ1) is 12.2. The molecular weight excluding hydrogens is 226 g/mol. The lowest BCUT2D eigenvalue weighted by molar-refractivity contribution is -0.128. The van der Waals surface area contributed by atoms with Crippen LogP contribution in [0, 0.1) is 5.92 Å². The number of rotatable bonds is 1. The largest absolute Gasteiger partial charge is 0.387 e. The Bertz CT molecular complexity index is 434. The molecule has 98 valence electrons. The topological polar surface area (TPSA) is 41.5 Å². The summed E-state index contributed by atoms with van der Waals surface area (Å²) in [6, 6.07) is 8.51. The summed E-state index contributed by atoms with van der Waals surface area (Å²) >= 11 is 0. The first-order chi connectivity index (χ1) is 8.72. The molecule has 0 aromatic heterocycles. The summed E-state index contributed by atoms with van der Waals surface area (Å²) in [6.45, 7) is 4.33. The Labute approximate surface area is 108 Å². The second-order valence-corrected chi connectivity index (χ2v) is 5.55. The number of hydrogen-bond donors (Lipinski definition) is 2. The van der Waals surface area contributed by atoms with Crippen molar-refractivity contribution in [2.75, 3.05) is 19.8 Å². The van der Waals surface area contributed by atoms with Crippen LogP contribution in [0.15, 0.2) is 24.3 Å². The molecule has 0 radical (unpaired) electrons. The summed E-state index contributed by atoms with van der Waals surface area (Å²) in [5.74, 6) is 0.162. The molecule has 0 saturated carbocycles. The Balaban J connectivity index is 1.97. The summed E-state index contributed by atoms with van der Waals surface area (Å²) in [7, 11) is 0. The number of nitrogens with one attached hydrogen (secondary N) is 1. The monoisotopic (exact) mass is 247 g/mol. The summed E-state index contributed by atoms with van der Waals surface area (Å²) in [6.07, 6.45) is 1.76.